The van der Waals surface area contributed by atoms with Gasteiger partial charge in [-0.25, -0.2) is 0 Å². The summed E-state index contributed by atoms with van der Waals surface area (Å²) in [6.07, 6.45) is 3.37. The van der Waals surface area contributed by atoms with Gasteiger partial charge in [0, 0.05) is 24.5 Å². The molecule has 0 spiro atoms. The zero-order valence-corrected chi connectivity index (χ0v) is 20.7. The molecule has 31 heavy (non-hydrogen) atoms. The highest BCUT2D eigenvalue weighted by Gasteiger charge is 2.38. The maximum Gasteiger partial charge on any atom is 0.286 e. The van der Waals surface area contributed by atoms with E-state index in [-0.39, 0.29) is 34.4 Å². The number of nitrogens with zero attached hydrogens (tertiary/aromatic N) is 2. The van der Waals surface area contributed by atoms with Gasteiger partial charge in [0.05, 0.1) is 30.7 Å². The molecule has 8 nitrogen and oxygen atoms in total. The second-order valence-electron chi connectivity index (χ2n) is 7.01. The zero-order chi connectivity index (χ0) is 22.8. The summed E-state index contributed by atoms with van der Waals surface area (Å²) < 4.78 is 17.0. The third kappa shape index (κ3) is 6.73. The van der Waals surface area contributed by atoms with Crippen molar-refractivity contribution in [2.45, 2.75) is 51.0 Å². The quantitative estimate of drug-likeness (QED) is 0.121. The smallest absolute Gasteiger partial charge is 0.286 e. The van der Waals surface area contributed by atoms with Gasteiger partial charge in [-0.05, 0) is 38.4 Å². The molecule has 0 saturated carbocycles. The van der Waals surface area contributed by atoms with E-state index in [1.54, 1.807) is 16.7 Å². The van der Waals surface area contributed by atoms with Crippen molar-refractivity contribution in [2.24, 2.45) is 0 Å². The molecule has 1 heterocycles. The van der Waals surface area contributed by atoms with Crippen LogP contribution in [0.5, 0.6) is 11.5 Å². The molecular weight excluding hydrogens is 488 g/mol. The van der Waals surface area contributed by atoms with Crippen molar-refractivity contribution in [3.8, 4) is 11.5 Å². The van der Waals surface area contributed by atoms with E-state index < -0.39 is 4.92 Å². The highest BCUT2D eigenvalue weighted by atomic mass is 79.9. The molecule has 0 N–H and O–H groups in total. The molecule has 0 aromatic heterocycles. The number of nitro benzene ring substituents is 1. The Labute approximate surface area is 196 Å². The summed E-state index contributed by atoms with van der Waals surface area (Å²) in [4.78, 5) is 26.4. The van der Waals surface area contributed by atoms with Crippen LogP contribution in [-0.2, 0) is 4.74 Å². The number of carbonyl (C=O) groups excluding carboxylic acids is 1. The van der Waals surface area contributed by atoms with E-state index in [0.717, 1.165) is 36.8 Å². The normalized spacial score (nSPS) is 16.9. The number of carbonyl (C=O) groups is 1. The van der Waals surface area contributed by atoms with Gasteiger partial charge in [0.2, 0.25) is 0 Å². The molecule has 1 aromatic rings. The second kappa shape index (κ2) is 13.1. The van der Waals surface area contributed by atoms with Crippen LogP contribution >= 0.6 is 27.7 Å². The van der Waals surface area contributed by atoms with Gasteiger partial charge in [0.15, 0.2) is 11.5 Å². The summed E-state index contributed by atoms with van der Waals surface area (Å²) >= 11 is 5.01. The van der Waals surface area contributed by atoms with Gasteiger partial charge in [-0.1, -0.05) is 22.9 Å². The fourth-order valence-corrected chi connectivity index (χ4v) is 5.07. The molecule has 0 aliphatic carbocycles. The Morgan fingerprint density at radius 3 is 2.74 bits per heavy atom. The second-order valence-corrected chi connectivity index (χ2v) is 9.18. The monoisotopic (exact) mass is 518 g/mol. The minimum atomic E-state index is -0.538. The van der Waals surface area contributed by atoms with Crippen molar-refractivity contribution in [1.29, 1.82) is 0 Å². The fourth-order valence-electron chi connectivity index (χ4n) is 3.60. The van der Waals surface area contributed by atoms with Crippen LogP contribution in [0.25, 0.3) is 0 Å². The molecule has 2 rings (SSSR count). The summed E-state index contributed by atoms with van der Waals surface area (Å²) in [5.41, 5.74) is -0.416. The third-order valence-electron chi connectivity index (χ3n) is 5.03. The van der Waals surface area contributed by atoms with E-state index in [1.807, 2.05) is 13.8 Å². The van der Waals surface area contributed by atoms with E-state index in [4.69, 9.17) is 14.2 Å². The first kappa shape index (κ1) is 25.7. The molecule has 1 aliphatic heterocycles. The lowest BCUT2D eigenvalue weighted by Gasteiger charge is -2.31. The van der Waals surface area contributed by atoms with Gasteiger partial charge >= 0.3 is 0 Å². The lowest BCUT2D eigenvalue weighted by Crippen LogP contribution is -2.43. The number of hydrogen-bond acceptors (Lipinski definition) is 7. The average Bonchev–Trinajstić information content (AvgIpc) is 3.25. The van der Waals surface area contributed by atoms with Gasteiger partial charge < -0.3 is 19.1 Å². The molecule has 1 amide bonds. The first-order chi connectivity index (χ1) is 15.0. The van der Waals surface area contributed by atoms with Crippen molar-refractivity contribution >= 4 is 39.3 Å². The topological polar surface area (TPSA) is 91.1 Å². The third-order valence-corrected chi connectivity index (χ3v) is 6.70. The number of methoxy groups -OCH3 is 1. The number of ether oxygens (including phenoxy) is 3. The summed E-state index contributed by atoms with van der Waals surface area (Å²) in [6, 6.07) is 2.60. The molecule has 1 aliphatic rings. The minimum Gasteiger partial charge on any atom is -0.493 e. The maximum absolute atomic E-state index is 13.4. The molecule has 1 fully saturated rings. The Morgan fingerprint density at radius 1 is 1.35 bits per heavy atom. The van der Waals surface area contributed by atoms with Crippen molar-refractivity contribution in [2.75, 3.05) is 38.0 Å². The van der Waals surface area contributed by atoms with Gasteiger partial charge in [0.25, 0.3) is 11.6 Å². The van der Waals surface area contributed by atoms with Crippen LogP contribution in [-0.4, -0.2) is 65.2 Å². The van der Waals surface area contributed by atoms with E-state index in [1.165, 1.54) is 19.2 Å². The van der Waals surface area contributed by atoms with Crippen LogP contribution in [0.15, 0.2) is 12.1 Å². The lowest BCUT2D eigenvalue weighted by molar-refractivity contribution is -0.385. The molecule has 1 saturated heterocycles. The number of hydrogen-bond donors (Lipinski definition) is 0. The summed E-state index contributed by atoms with van der Waals surface area (Å²) in [5.74, 6) is 1.07. The Hall–Kier alpha value is -1.52. The predicted octanol–water partition coefficient (Wildman–Crippen LogP) is 4.88. The molecule has 0 unspecified atom stereocenters. The van der Waals surface area contributed by atoms with Crippen molar-refractivity contribution in [3.63, 3.8) is 0 Å². The number of nitro groups is 1. The van der Waals surface area contributed by atoms with Crippen LogP contribution in [0, 0.1) is 10.1 Å². The minimum absolute atomic E-state index is 0.0123. The van der Waals surface area contributed by atoms with Crippen LogP contribution in [0.3, 0.4) is 0 Å². The SMILES string of the molecule is CCO[C@@H](SCC)[C@@H]1CCCN1C(=O)c1cc(OC)c(OCCCCBr)cc1[N+](=O)[O-]. The molecule has 174 valence electrons. The predicted molar refractivity (Wildman–Crippen MR) is 126 cm³/mol. The molecule has 1 aromatic carbocycles. The number of benzene rings is 1. The molecular formula is C21H31BrN2O6S. The van der Waals surface area contributed by atoms with E-state index in [9.17, 15) is 14.9 Å². The van der Waals surface area contributed by atoms with E-state index in [2.05, 4.69) is 15.9 Å². The van der Waals surface area contributed by atoms with Crippen LogP contribution in [0.2, 0.25) is 0 Å². The highest BCUT2D eigenvalue weighted by molar-refractivity contribution is 9.09. The summed E-state index contributed by atoms with van der Waals surface area (Å²) in [6.45, 7) is 5.47. The number of unbranched alkanes of at least 4 members (excludes halogenated alkanes) is 1. The molecule has 0 radical (unpaired) electrons. The first-order valence-electron chi connectivity index (χ1n) is 10.6. The Bertz CT molecular complexity index is 745. The van der Waals surface area contributed by atoms with Crippen LogP contribution < -0.4 is 9.47 Å². The number of alkyl halides is 1. The molecule has 2 atom stereocenters. The van der Waals surface area contributed by atoms with Crippen LogP contribution in [0.1, 0.15) is 49.9 Å². The Balaban J connectivity index is 2.34. The number of rotatable bonds is 13. The van der Waals surface area contributed by atoms with Gasteiger partial charge in [-0.3, -0.25) is 14.9 Å². The molecule has 0 bridgehead atoms. The number of thioether (sulfide) groups is 1. The lowest BCUT2D eigenvalue weighted by atomic mass is 10.1. The van der Waals surface area contributed by atoms with Crippen molar-refractivity contribution in [3.05, 3.63) is 27.8 Å². The number of likely N-dealkylation sites (tertiary alicyclic amines) is 1. The zero-order valence-electron chi connectivity index (χ0n) is 18.3. The summed E-state index contributed by atoms with van der Waals surface area (Å²) in [5, 5.41) is 12.7. The summed E-state index contributed by atoms with van der Waals surface area (Å²) in [7, 11) is 1.46. The molecule has 10 heteroatoms. The Morgan fingerprint density at radius 2 is 2.13 bits per heavy atom. The Kier molecular flexibility index (Phi) is 10.9. The van der Waals surface area contributed by atoms with Crippen LogP contribution in [0.4, 0.5) is 5.69 Å². The highest BCUT2D eigenvalue weighted by Crippen LogP contribution is 2.37. The van der Waals surface area contributed by atoms with E-state index in [0.29, 0.717) is 25.5 Å². The standard InChI is InChI=1S/C21H31BrN2O6S/c1-4-29-21(31-5-2)16-9-8-11-23(16)20(25)15-13-18(28-3)19(14-17(15)24(26)27)30-12-7-6-10-22/h13-14,16,21H,4-12H2,1-3H3/t16-,21-/m0/s1. The van der Waals surface area contributed by atoms with Gasteiger partial charge in [-0.2, -0.15) is 0 Å². The van der Waals surface area contributed by atoms with Crippen molar-refractivity contribution in [1.82, 2.24) is 4.90 Å². The van der Waals surface area contributed by atoms with Gasteiger partial charge in [0.1, 0.15) is 11.0 Å². The van der Waals surface area contributed by atoms with Gasteiger partial charge in [-0.15, -0.1) is 11.8 Å². The van der Waals surface area contributed by atoms with Crippen molar-refractivity contribution < 1.29 is 23.9 Å². The average molecular weight is 519 g/mol. The largest absolute Gasteiger partial charge is 0.493 e. The number of halogens is 1. The fraction of sp³-hybridized carbons (Fsp3) is 0.667. The first-order valence-corrected chi connectivity index (χ1v) is 12.7. The maximum atomic E-state index is 13.4. The number of amides is 1. The van der Waals surface area contributed by atoms with E-state index >= 15 is 0 Å².